The number of halogens is 5. The van der Waals surface area contributed by atoms with Gasteiger partial charge in [-0.15, -0.1) is 0 Å². The summed E-state index contributed by atoms with van der Waals surface area (Å²) in [5, 5.41) is -0.128. The van der Waals surface area contributed by atoms with Crippen molar-refractivity contribution in [3.05, 3.63) is 52.4 Å². The van der Waals surface area contributed by atoms with E-state index in [1.54, 1.807) is 13.1 Å². The third-order valence-corrected chi connectivity index (χ3v) is 3.42. The van der Waals surface area contributed by atoms with Crippen LogP contribution in [0.5, 0.6) is 5.75 Å². The molecular weight excluding hydrogens is 336 g/mol. The summed E-state index contributed by atoms with van der Waals surface area (Å²) >= 11 is 5.88. The number of anilines is 1. The molecule has 0 aliphatic heterocycles. The van der Waals surface area contributed by atoms with Gasteiger partial charge in [-0.2, -0.15) is 13.2 Å². The fourth-order valence-corrected chi connectivity index (χ4v) is 2.33. The van der Waals surface area contributed by atoms with Crippen molar-refractivity contribution in [2.45, 2.75) is 12.7 Å². The summed E-state index contributed by atoms with van der Waals surface area (Å²) in [6.45, 7) is 0.221. The Kier molecular flexibility index (Phi) is 4.99. The zero-order chi connectivity index (χ0) is 17.2. The SMILES string of the molecule is COc1ccc(CN(C)c2ncc(C(F)(F)F)cc2Cl)cc1F. The minimum atomic E-state index is -4.51. The van der Waals surface area contributed by atoms with E-state index in [1.807, 2.05) is 0 Å². The molecule has 0 radical (unpaired) electrons. The first-order valence-corrected chi connectivity index (χ1v) is 6.86. The highest BCUT2D eigenvalue weighted by Gasteiger charge is 2.31. The monoisotopic (exact) mass is 348 g/mol. The summed E-state index contributed by atoms with van der Waals surface area (Å²) in [4.78, 5) is 5.28. The van der Waals surface area contributed by atoms with Gasteiger partial charge in [0.1, 0.15) is 5.82 Å². The number of methoxy groups -OCH3 is 1. The van der Waals surface area contributed by atoms with Crippen LogP contribution in [0.2, 0.25) is 5.02 Å². The van der Waals surface area contributed by atoms with Gasteiger partial charge in [0, 0.05) is 19.8 Å². The van der Waals surface area contributed by atoms with Crippen molar-refractivity contribution in [2.24, 2.45) is 0 Å². The van der Waals surface area contributed by atoms with E-state index in [2.05, 4.69) is 4.98 Å². The zero-order valence-electron chi connectivity index (χ0n) is 12.3. The fourth-order valence-electron chi connectivity index (χ4n) is 2.02. The number of rotatable bonds is 4. The summed E-state index contributed by atoms with van der Waals surface area (Å²) in [5.74, 6) is -0.233. The molecule has 8 heteroatoms. The smallest absolute Gasteiger partial charge is 0.417 e. The molecule has 0 aliphatic rings. The van der Waals surface area contributed by atoms with Crippen LogP contribution in [-0.4, -0.2) is 19.1 Å². The Morgan fingerprint density at radius 3 is 2.48 bits per heavy atom. The number of nitrogens with zero attached hydrogens (tertiary/aromatic N) is 2. The van der Waals surface area contributed by atoms with Gasteiger partial charge < -0.3 is 9.64 Å². The van der Waals surface area contributed by atoms with Crippen LogP contribution >= 0.6 is 11.6 Å². The predicted octanol–water partition coefficient (Wildman–Crippen LogP) is 4.54. The molecule has 3 nitrogen and oxygen atoms in total. The Hall–Kier alpha value is -2.02. The zero-order valence-corrected chi connectivity index (χ0v) is 13.0. The highest BCUT2D eigenvalue weighted by Crippen LogP contribution is 2.33. The molecule has 0 amide bonds. The molecule has 23 heavy (non-hydrogen) atoms. The number of alkyl halides is 3. The van der Waals surface area contributed by atoms with Crippen molar-refractivity contribution in [1.82, 2.24) is 4.98 Å². The van der Waals surface area contributed by atoms with Crippen LogP contribution in [0.4, 0.5) is 23.4 Å². The summed E-state index contributed by atoms with van der Waals surface area (Å²) in [5.41, 5.74) is -0.321. The molecule has 0 atom stereocenters. The maximum Gasteiger partial charge on any atom is 0.417 e. The third-order valence-electron chi connectivity index (χ3n) is 3.15. The lowest BCUT2D eigenvalue weighted by Crippen LogP contribution is -2.19. The van der Waals surface area contributed by atoms with Crippen LogP contribution in [-0.2, 0) is 12.7 Å². The topological polar surface area (TPSA) is 25.4 Å². The summed E-state index contributed by atoms with van der Waals surface area (Å²) in [7, 11) is 2.96. The molecule has 124 valence electrons. The molecule has 0 spiro atoms. The molecule has 0 aliphatic carbocycles. The van der Waals surface area contributed by atoms with E-state index in [1.165, 1.54) is 24.1 Å². The van der Waals surface area contributed by atoms with Crippen LogP contribution in [0.25, 0.3) is 0 Å². The number of hydrogen-bond acceptors (Lipinski definition) is 3. The lowest BCUT2D eigenvalue weighted by Gasteiger charge is -2.20. The molecule has 0 saturated carbocycles. The van der Waals surface area contributed by atoms with Gasteiger partial charge in [-0.3, -0.25) is 0 Å². The lowest BCUT2D eigenvalue weighted by atomic mass is 10.2. The molecule has 1 aromatic heterocycles. The summed E-state index contributed by atoms with van der Waals surface area (Å²) in [6.07, 6.45) is -3.79. The van der Waals surface area contributed by atoms with Crippen molar-refractivity contribution in [2.75, 3.05) is 19.1 Å². The molecule has 2 rings (SSSR count). The molecular formula is C15H13ClF4N2O. The van der Waals surface area contributed by atoms with E-state index in [9.17, 15) is 17.6 Å². The van der Waals surface area contributed by atoms with Crippen LogP contribution < -0.4 is 9.64 Å². The highest BCUT2D eigenvalue weighted by molar-refractivity contribution is 6.33. The Balaban J connectivity index is 2.21. The molecule has 0 N–H and O–H groups in total. The Bertz CT molecular complexity index is 706. The molecule has 0 bridgehead atoms. The van der Waals surface area contributed by atoms with Crippen LogP contribution in [0.3, 0.4) is 0 Å². The van der Waals surface area contributed by atoms with Gasteiger partial charge >= 0.3 is 6.18 Å². The van der Waals surface area contributed by atoms with Gasteiger partial charge in [0.05, 0.1) is 17.7 Å². The number of ether oxygens (including phenoxy) is 1. The fraction of sp³-hybridized carbons (Fsp3) is 0.267. The third kappa shape index (κ3) is 4.04. The standard InChI is InChI=1S/C15H13ClF4N2O/c1-22(8-9-3-4-13(23-2)12(17)5-9)14-11(16)6-10(7-21-14)15(18,19)20/h3-7H,8H2,1-2H3. The average molecular weight is 349 g/mol. The normalized spacial score (nSPS) is 11.4. The van der Waals surface area contributed by atoms with E-state index < -0.39 is 17.6 Å². The molecule has 0 saturated heterocycles. The molecule has 0 unspecified atom stereocenters. The van der Waals surface area contributed by atoms with E-state index in [0.29, 0.717) is 11.8 Å². The van der Waals surface area contributed by atoms with Crippen LogP contribution in [0.15, 0.2) is 30.5 Å². The van der Waals surface area contributed by atoms with Gasteiger partial charge in [0.15, 0.2) is 11.6 Å². The van der Waals surface area contributed by atoms with Gasteiger partial charge in [0.2, 0.25) is 0 Å². The number of pyridine rings is 1. The van der Waals surface area contributed by atoms with Crippen LogP contribution in [0, 0.1) is 5.82 Å². The maximum absolute atomic E-state index is 13.7. The van der Waals surface area contributed by atoms with E-state index in [-0.39, 0.29) is 23.1 Å². The van der Waals surface area contributed by atoms with Gasteiger partial charge in [-0.1, -0.05) is 17.7 Å². The predicted molar refractivity (Wildman–Crippen MR) is 79.3 cm³/mol. The molecule has 0 fully saturated rings. The number of aromatic nitrogens is 1. The van der Waals surface area contributed by atoms with Gasteiger partial charge in [-0.05, 0) is 23.8 Å². The minimum absolute atomic E-state index is 0.113. The summed E-state index contributed by atoms with van der Waals surface area (Å²) < 4.78 is 56.3. The van der Waals surface area contributed by atoms with Crippen molar-refractivity contribution in [1.29, 1.82) is 0 Å². The molecule has 1 aromatic carbocycles. The van der Waals surface area contributed by atoms with Crippen LogP contribution in [0.1, 0.15) is 11.1 Å². The Morgan fingerprint density at radius 1 is 1.26 bits per heavy atom. The van der Waals surface area contributed by atoms with Crippen molar-refractivity contribution in [3.8, 4) is 5.75 Å². The highest BCUT2D eigenvalue weighted by atomic mass is 35.5. The maximum atomic E-state index is 13.7. The van der Waals surface area contributed by atoms with Crippen molar-refractivity contribution in [3.63, 3.8) is 0 Å². The molecule has 1 heterocycles. The number of hydrogen-bond donors (Lipinski definition) is 0. The Morgan fingerprint density at radius 2 is 1.96 bits per heavy atom. The van der Waals surface area contributed by atoms with Gasteiger partial charge in [-0.25, -0.2) is 9.37 Å². The van der Waals surface area contributed by atoms with E-state index in [4.69, 9.17) is 16.3 Å². The Labute approximate surface area is 135 Å². The largest absolute Gasteiger partial charge is 0.494 e. The second-order valence-electron chi connectivity index (χ2n) is 4.85. The first-order chi connectivity index (χ1) is 10.7. The molecule has 2 aromatic rings. The van der Waals surface area contributed by atoms with Crippen molar-refractivity contribution < 1.29 is 22.3 Å². The quantitative estimate of drug-likeness (QED) is 0.759. The van der Waals surface area contributed by atoms with Gasteiger partial charge in [0.25, 0.3) is 0 Å². The minimum Gasteiger partial charge on any atom is -0.494 e. The van der Waals surface area contributed by atoms with E-state index in [0.717, 1.165) is 6.07 Å². The lowest BCUT2D eigenvalue weighted by molar-refractivity contribution is -0.137. The average Bonchev–Trinajstić information content (AvgIpc) is 2.46. The second-order valence-corrected chi connectivity index (χ2v) is 5.26. The second kappa shape index (κ2) is 6.62. The van der Waals surface area contributed by atoms with Crippen molar-refractivity contribution >= 4 is 17.4 Å². The first-order valence-electron chi connectivity index (χ1n) is 6.48. The van der Waals surface area contributed by atoms with E-state index >= 15 is 0 Å². The number of benzene rings is 1. The first kappa shape index (κ1) is 17.3. The summed E-state index contributed by atoms with van der Waals surface area (Å²) in [6, 6.07) is 5.22.